The van der Waals surface area contributed by atoms with Gasteiger partial charge in [-0.15, -0.1) is 0 Å². The van der Waals surface area contributed by atoms with Crippen molar-refractivity contribution in [3.63, 3.8) is 0 Å². The van der Waals surface area contributed by atoms with Crippen LogP contribution in [0.25, 0.3) is 0 Å². The topological polar surface area (TPSA) is 63.0 Å². The minimum Gasteiger partial charge on any atom is -0.412 e. The first-order valence-corrected chi connectivity index (χ1v) is 4.53. The van der Waals surface area contributed by atoms with Crippen LogP contribution in [0, 0.1) is 0 Å². The summed E-state index contributed by atoms with van der Waals surface area (Å²) >= 11 is 0. The van der Waals surface area contributed by atoms with E-state index in [4.69, 9.17) is 7.85 Å². The van der Waals surface area contributed by atoms with E-state index < -0.39 is 0 Å². The van der Waals surface area contributed by atoms with Crippen LogP contribution in [0.5, 0.6) is 0 Å². The van der Waals surface area contributed by atoms with E-state index >= 15 is 0 Å². The molecule has 4 N–H and O–H groups in total. The summed E-state index contributed by atoms with van der Waals surface area (Å²) in [6, 6.07) is 0. The fourth-order valence-electron chi connectivity index (χ4n) is 0.558. The second-order valence-corrected chi connectivity index (χ2v) is 2.50. The molecule has 0 saturated heterocycles. The van der Waals surface area contributed by atoms with Crippen LogP contribution in [-0.2, 0) is 0 Å². The lowest BCUT2D eigenvalue weighted by Crippen LogP contribution is -1.63. The van der Waals surface area contributed by atoms with Crippen LogP contribution in [0.4, 0.5) is 0 Å². The molecule has 0 aliphatic rings. The van der Waals surface area contributed by atoms with Gasteiger partial charge in [-0.05, 0) is 0 Å². The summed E-state index contributed by atoms with van der Waals surface area (Å²) in [7, 11) is 5.14. The maximum absolute atomic E-state index is 5.14. The first-order valence-electron chi connectivity index (χ1n) is 4.53. The van der Waals surface area contributed by atoms with Gasteiger partial charge in [0.2, 0.25) is 0 Å². The zero-order valence-electron chi connectivity index (χ0n) is 8.82. The summed E-state index contributed by atoms with van der Waals surface area (Å²) in [6.07, 6.45) is 7.31. The lowest BCUT2D eigenvalue weighted by atomic mass is 10.0. The molecule has 12 heavy (non-hydrogen) atoms. The molecule has 0 aromatic heterocycles. The molecule has 2 nitrogen and oxygen atoms in total. The van der Waals surface area contributed by atoms with E-state index in [0.29, 0.717) is 0 Å². The standard InChI is InChI=1S/C5H12.C4H9B.2H2O/c1-3-5-4-2;1-2-3-4-5;;/h3-5H2,1-2H3;2-4H2,1H3;2*1H2. The largest absolute Gasteiger partial charge is 0.412 e. The average molecular weight is 176 g/mol. The molecule has 0 aliphatic carbocycles. The highest BCUT2D eigenvalue weighted by Gasteiger charge is 1.68. The van der Waals surface area contributed by atoms with Gasteiger partial charge in [0.25, 0.3) is 0 Å². The van der Waals surface area contributed by atoms with E-state index in [0.717, 1.165) is 6.32 Å². The van der Waals surface area contributed by atoms with E-state index in [1.54, 1.807) is 0 Å². The Labute approximate surface area is 78.8 Å². The molecule has 2 radical (unpaired) electrons. The molecule has 0 rings (SSSR count). The Morgan fingerprint density at radius 3 is 1.08 bits per heavy atom. The molecule has 0 aromatic rings. The third-order valence-electron chi connectivity index (χ3n) is 1.26. The molecule has 0 aromatic carbocycles. The molecule has 0 spiro atoms. The van der Waals surface area contributed by atoms with Crippen molar-refractivity contribution in [1.82, 2.24) is 0 Å². The van der Waals surface area contributed by atoms with E-state index in [9.17, 15) is 0 Å². The Kier molecular flexibility index (Phi) is 57.8. The Bertz CT molecular complexity index is 33.5. The van der Waals surface area contributed by atoms with Gasteiger partial charge in [0.1, 0.15) is 0 Å². The summed E-state index contributed by atoms with van der Waals surface area (Å²) < 4.78 is 0. The minimum absolute atomic E-state index is 0. The summed E-state index contributed by atoms with van der Waals surface area (Å²) in [6.45, 7) is 6.56. The lowest BCUT2D eigenvalue weighted by molar-refractivity contribution is 0.772. The van der Waals surface area contributed by atoms with Gasteiger partial charge in [0, 0.05) is 0 Å². The van der Waals surface area contributed by atoms with E-state index in [-0.39, 0.29) is 11.0 Å². The van der Waals surface area contributed by atoms with Crippen molar-refractivity contribution in [3.8, 4) is 0 Å². The summed E-state index contributed by atoms with van der Waals surface area (Å²) in [4.78, 5) is 0. The minimum atomic E-state index is 0. The van der Waals surface area contributed by atoms with E-state index in [1.807, 2.05) is 0 Å². The van der Waals surface area contributed by atoms with Crippen molar-refractivity contribution in [3.05, 3.63) is 0 Å². The summed E-state index contributed by atoms with van der Waals surface area (Å²) in [5, 5.41) is 0. The van der Waals surface area contributed by atoms with Crippen molar-refractivity contribution in [2.45, 2.75) is 59.2 Å². The van der Waals surface area contributed by atoms with Crippen LogP contribution < -0.4 is 0 Å². The first kappa shape index (κ1) is 22.7. The van der Waals surface area contributed by atoms with Crippen molar-refractivity contribution in [2.24, 2.45) is 0 Å². The normalized spacial score (nSPS) is 6.92. The molecule has 0 unspecified atom stereocenters. The second-order valence-electron chi connectivity index (χ2n) is 2.50. The van der Waals surface area contributed by atoms with Crippen LogP contribution in [0.3, 0.4) is 0 Å². The van der Waals surface area contributed by atoms with Crippen LogP contribution in [0.1, 0.15) is 52.9 Å². The molecular weight excluding hydrogens is 151 g/mol. The maximum Gasteiger partial charge on any atom is 0.0652 e. The lowest BCUT2D eigenvalue weighted by Gasteiger charge is -1.79. The SMILES string of the molecule is CCCCC.O.O.[B]CCCC. The predicted molar refractivity (Wildman–Crippen MR) is 57.9 cm³/mol. The predicted octanol–water partition coefficient (Wildman–Crippen LogP) is 1.92. The Morgan fingerprint density at radius 2 is 1.08 bits per heavy atom. The molecule has 0 amide bonds. The molecule has 0 atom stereocenters. The third-order valence-corrected chi connectivity index (χ3v) is 1.26. The van der Waals surface area contributed by atoms with Gasteiger partial charge in [-0.25, -0.2) is 0 Å². The second kappa shape index (κ2) is 30.6. The van der Waals surface area contributed by atoms with Gasteiger partial charge in [0.05, 0.1) is 7.85 Å². The molecule has 0 fully saturated rings. The molecule has 0 heterocycles. The maximum atomic E-state index is 5.14. The van der Waals surface area contributed by atoms with E-state index in [2.05, 4.69) is 20.8 Å². The van der Waals surface area contributed by atoms with E-state index in [1.165, 1.54) is 32.1 Å². The fraction of sp³-hybridized carbons (Fsp3) is 1.00. The monoisotopic (exact) mass is 176 g/mol. The number of rotatable bonds is 4. The Hall–Kier alpha value is -0.0151. The molecular formula is C9H25BO2. The van der Waals surface area contributed by atoms with Gasteiger partial charge >= 0.3 is 0 Å². The van der Waals surface area contributed by atoms with Crippen LogP contribution >= 0.6 is 0 Å². The van der Waals surface area contributed by atoms with Gasteiger partial charge in [-0.2, -0.15) is 0 Å². The molecule has 76 valence electrons. The average Bonchev–Trinajstić information content (AvgIpc) is 1.93. The zero-order chi connectivity index (χ0) is 8.24. The molecule has 0 bridgehead atoms. The van der Waals surface area contributed by atoms with Crippen molar-refractivity contribution < 1.29 is 11.0 Å². The highest BCUT2D eigenvalue weighted by Crippen LogP contribution is 1.88. The van der Waals surface area contributed by atoms with Gasteiger partial charge in [-0.3, -0.25) is 0 Å². The Balaban J connectivity index is -0.0000000457. The summed E-state index contributed by atoms with van der Waals surface area (Å²) in [5.41, 5.74) is 0. The number of unbranched alkanes of at least 4 members (excludes halogenated alkanes) is 3. The quantitative estimate of drug-likeness (QED) is 0.587. The first-order chi connectivity index (χ1) is 4.83. The molecule has 0 aliphatic heterocycles. The highest BCUT2D eigenvalue weighted by atomic mass is 16.0. The fourth-order valence-corrected chi connectivity index (χ4v) is 0.558. The summed E-state index contributed by atoms with van der Waals surface area (Å²) in [5.74, 6) is 0. The number of hydrogen-bond acceptors (Lipinski definition) is 0. The third kappa shape index (κ3) is 50.8. The molecule has 3 heteroatoms. The highest BCUT2D eigenvalue weighted by molar-refractivity contribution is 6.08. The van der Waals surface area contributed by atoms with Crippen LogP contribution in [0.15, 0.2) is 0 Å². The zero-order valence-corrected chi connectivity index (χ0v) is 8.82. The van der Waals surface area contributed by atoms with Gasteiger partial charge in [0.15, 0.2) is 0 Å². The van der Waals surface area contributed by atoms with Crippen LogP contribution in [-0.4, -0.2) is 18.8 Å². The van der Waals surface area contributed by atoms with Crippen LogP contribution in [0.2, 0.25) is 6.32 Å². The Morgan fingerprint density at radius 1 is 0.750 bits per heavy atom. The van der Waals surface area contributed by atoms with Gasteiger partial charge < -0.3 is 11.0 Å². The van der Waals surface area contributed by atoms with Crippen molar-refractivity contribution in [2.75, 3.05) is 0 Å². The van der Waals surface area contributed by atoms with Gasteiger partial charge in [-0.1, -0.05) is 59.2 Å². The molecule has 0 saturated carbocycles. The van der Waals surface area contributed by atoms with Crippen molar-refractivity contribution in [1.29, 1.82) is 0 Å². The van der Waals surface area contributed by atoms with Crippen molar-refractivity contribution >= 4 is 7.85 Å². The smallest absolute Gasteiger partial charge is 0.0652 e. The number of hydrogen-bond donors (Lipinski definition) is 0.